The number of nitrogens with zero attached hydrogens (tertiary/aromatic N) is 5. The van der Waals surface area contributed by atoms with Crippen LogP contribution < -0.4 is 5.32 Å². The maximum atomic E-state index is 12.4. The largest absolute Gasteiger partial charge is 0.447 e. The summed E-state index contributed by atoms with van der Waals surface area (Å²) in [6.45, 7) is 5.40. The molecule has 4 rings (SSSR count). The van der Waals surface area contributed by atoms with Crippen molar-refractivity contribution in [1.82, 2.24) is 10.2 Å². The fraction of sp³-hybridized carbons (Fsp3) is 0.265. The van der Waals surface area contributed by atoms with E-state index in [-0.39, 0.29) is 35.4 Å². The number of nitro benzene ring substituents is 4. The van der Waals surface area contributed by atoms with Gasteiger partial charge in [0.15, 0.2) is 0 Å². The lowest BCUT2D eigenvalue weighted by atomic mass is 10.1. The molecule has 0 aromatic heterocycles. The Morgan fingerprint density at radius 1 is 0.600 bits per heavy atom. The molecule has 4 aromatic rings. The molecular weight excluding hydrogens is 652 g/mol. The number of nitro groups is 4. The zero-order chi connectivity index (χ0) is 36.6. The Kier molecular flexibility index (Phi) is 14.4. The number of carbonyl (C=O) groups excluding carboxylic acids is 1. The quantitative estimate of drug-likeness (QED) is 0.0767. The highest BCUT2D eigenvalue weighted by molar-refractivity contribution is 5.68. The van der Waals surface area contributed by atoms with E-state index in [1.807, 2.05) is 0 Å². The van der Waals surface area contributed by atoms with Gasteiger partial charge in [-0.2, -0.15) is 0 Å². The van der Waals surface area contributed by atoms with Crippen LogP contribution >= 0.6 is 0 Å². The average molecular weight is 689 g/mol. The Labute approximate surface area is 286 Å². The van der Waals surface area contributed by atoms with Crippen molar-refractivity contribution in [2.45, 2.75) is 45.9 Å². The zero-order valence-corrected chi connectivity index (χ0v) is 27.4. The molecule has 262 valence electrons. The Bertz CT molecular complexity index is 1690. The van der Waals surface area contributed by atoms with Gasteiger partial charge in [0.05, 0.1) is 25.8 Å². The first-order valence-electron chi connectivity index (χ1n) is 15.4. The molecule has 4 aromatic carbocycles. The summed E-state index contributed by atoms with van der Waals surface area (Å²) >= 11 is 0. The van der Waals surface area contributed by atoms with Gasteiger partial charge >= 0.3 is 6.09 Å². The number of benzene rings is 4. The molecule has 0 saturated heterocycles. The molecule has 0 heterocycles. The molecular formula is C34H36N6O10. The van der Waals surface area contributed by atoms with Crippen molar-refractivity contribution in [3.05, 3.63) is 160 Å². The summed E-state index contributed by atoms with van der Waals surface area (Å²) in [6.07, 6.45) is 0.463. The monoisotopic (exact) mass is 688 g/mol. The molecule has 0 spiro atoms. The molecule has 0 aliphatic carbocycles. The Balaban J connectivity index is 0.000000278. The van der Waals surface area contributed by atoms with Crippen LogP contribution in [0, 0.1) is 40.5 Å². The molecule has 0 bridgehead atoms. The van der Waals surface area contributed by atoms with E-state index in [1.165, 1.54) is 53.4 Å². The molecule has 50 heavy (non-hydrogen) atoms. The van der Waals surface area contributed by atoms with Gasteiger partial charge < -0.3 is 15.0 Å². The summed E-state index contributed by atoms with van der Waals surface area (Å²) in [4.78, 5) is 54.7. The Hall–Kier alpha value is -6.29. The number of amides is 1. The summed E-state index contributed by atoms with van der Waals surface area (Å²) in [5.41, 5.74) is 3.71. The molecule has 0 atom stereocenters. The van der Waals surface area contributed by atoms with E-state index in [4.69, 9.17) is 4.74 Å². The fourth-order valence-corrected chi connectivity index (χ4v) is 4.49. The number of rotatable bonds is 15. The second-order valence-electron chi connectivity index (χ2n) is 11.2. The smallest absolute Gasteiger partial charge is 0.410 e. The van der Waals surface area contributed by atoms with Gasteiger partial charge in [-0.05, 0) is 55.5 Å². The predicted octanol–water partition coefficient (Wildman–Crippen LogP) is 6.93. The number of hydrogen-bond acceptors (Lipinski definition) is 11. The fourth-order valence-electron chi connectivity index (χ4n) is 4.49. The summed E-state index contributed by atoms with van der Waals surface area (Å²) in [5, 5.41) is 45.8. The van der Waals surface area contributed by atoms with Crippen LogP contribution in [0.25, 0.3) is 0 Å². The van der Waals surface area contributed by atoms with Crippen LogP contribution in [0.15, 0.2) is 97.1 Å². The SMILES string of the molecule is CC(C)OC(=O)N(CCc1ccc([N+](=O)[O-])cc1)Cc1ccc([N+](=O)[O-])cc1.O=[N+]([O-])c1ccc(CCNCc2ccc([N+](=O)[O-])cc2)cc1. The lowest BCUT2D eigenvalue weighted by Crippen LogP contribution is -2.34. The van der Waals surface area contributed by atoms with Gasteiger partial charge in [0.25, 0.3) is 22.7 Å². The first kappa shape index (κ1) is 38.2. The molecule has 16 nitrogen and oxygen atoms in total. The van der Waals surface area contributed by atoms with Crippen LogP contribution in [-0.4, -0.2) is 49.9 Å². The van der Waals surface area contributed by atoms with Crippen molar-refractivity contribution in [3.63, 3.8) is 0 Å². The van der Waals surface area contributed by atoms with Crippen LogP contribution in [0.4, 0.5) is 27.5 Å². The van der Waals surface area contributed by atoms with E-state index in [0.29, 0.717) is 19.5 Å². The number of hydrogen-bond donors (Lipinski definition) is 1. The van der Waals surface area contributed by atoms with Crippen molar-refractivity contribution in [2.24, 2.45) is 0 Å². The van der Waals surface area contributed by atoms with E-state index >= 15 is 0 Å². The summed E-state index contributed by atoms with van der Waals surface area (Å²) in [7, 11) is 0. The molecule has 1 amide bonds. The molecule has 0 unspecified atom stereocenters. The van der Waals surface area contributed by atoms with Crippen molar-refractivity contribution in [3.8, 4) is 0 Å². The van der Waals surface area contributed by atoms with Crippen LogP contribution in [0.1, 0.15) is 36.1 Å². The van der Waals surface area contributed by atoms with E-state index in [1.54, 1.807) is 62.4 Å². The highest BCUT2D eigenvalue weighted by atomic mass is 16.6. The van der Waals surface area contributed by atoms with E-state index < -0.39 is 25.8 Å². The van der Waals surface area contributed by atoms with Gasteiger partial charge in [-0.3, -0.25) is 40.5 Å². The summed E-state index contributed by atoms with van der Waals surface area (Å²) < 4.78 is 5.27. The number of non-ortho nitro benzene ring substituents is 4. The van der Waals surface area contributed by atoms with Crippen molar-refractivity contribution < 1.29 is 29.2 Å². The third kappa shape index (κ3) is 12.7. The summed E-state index contributed by atoms with van der Waals surface area (Å²) in [6, 6.07) is 25.0. The normalized spacial score (nSPS) is 10.5. The highest BCUT2D eigenvalue weighted by Gasteiger charge is 2.18. The van der Waals surface area contributed by atoms with Crippen LogP contribution in [0.3, 0.4) is 0 Å². The van der Waals surface area contributed by atoms with Gasteiger partial charge in [0.2, 0.25) is 0 Å². The van der Waals surface area contributed by atoms with Gasteiger partial charge in [-0.15, -0.1) is 0 Å². The highest BCUT2D eigenvalue weighted by Crippen LogP contribution is 2.17. The lowest BCUT2D eigenvalue weighted by molar-refractivity contribution is -0.385. The molecule has 0 aliphatic rings. The van der Waals surface area contributed by atoms with Gasteiger partial charge in [-0.25, -0.2) is 4.79 Å². The predicted molar refractivity (Wildman–Crippen MR) is 184 cm³/mol. The maximum Gasteiger partial charge on any atom is 0.410 e. The lowest BCUT2D eigenvalue weighted by Gasteiger charge is -2.23. The molecule has 1 N–H and O–H groups in total. The minimum absolute atomic E-state index is 0.00528. The number of ether oxygens (including phenoxy) is 1. The van der Waals surface area contributed by atoms with Crippen LogP contribution in [-0.2, 0) is 30.7 Å². The minimum Gasteiger partial charge on any atom is -0.447 e. The topological polar surface area (TPSA) is 214 Å². The first-order valence-corrected chi connectivity index (χ1v) is 15.4. The van der Waals surface area contributed by atoms with Crippen LogP contribution in [0.5, 0.6) is 0 Å². The van der Waals surface area contributed by atoms with Crippen molar-refractivity contribution in [2.75, 3.05) is 13.1 Å². The van der Waals surface area contributed by atoms with Crippen molar-refractivity contribution in [1.29, 1.82) is 0 Å². The number of carbonyl (C=O) groups is 1. The molecule has 0 saturated carbocycles. The zero-order valence-electron chi connectivity index (χ0n) is 27.4. The van der Waals surface area contributed by atoms with Gasteiger partial charge in [0, 0.05) is 68.2 Å². The maximum absolute atomic E-state index is 12.4. The van der Waals surface area contributed by atoms with Gasteiger partial charge in [0.1, 0.15) is 0 Å². The second kappa shape index (κ2) is 18.9. The minimum atomic E-state index is -0.490. The van der Waals surface area contributed by atoms with E-state index in [0.717, 1.165) is 35.2 Å². The third-order valence-electron chi connectivity index (χ3n) is 7.15. The number of nitrogens with one attached hydrogen (secondary N) is 1. The standard InChI is InChI=1S/C19H21N3O6.C15H15N3O4/c1-14(2)28-19(23)20(13-16-5-9-18(10-6-16)22(26)27)12-11-15-3-7-17(8-4-15)21(24)25;19-17(20)14-5-1-12(2-6-14)9-10-16-11-13-3-7-15(8-4-13)18(21)22/h3-10,14H,11-13H2,1-2H3;1-8,16H,9-11H2. The molecule has 0 fully saturated rings. The second-order valence-corrected chi connectivity index (χ2v) is 11.2. The molecule has 0 radical (unpaired) electrons. The Morgan fingerprint density at radius 2 is 0.960 bits per heavy atom. The third-order valence-corrected chi connectivity index (χ3v) is 7.15. The van der Waals surface area contributed by atoms with Gasteiger partial charge in [-0.1, -0.05) is 48.5 Å². The van der Waals surface area contributed by atoms with Crippen molar-refractivity contribution >= 4 is 28.8 Å². The average Bonchev–Trinajstić information content (AvgIpc) is 3.09. The first-order chi connectivity index (χ1) is 23.8. The molecule has 16 heteroatoms. The molecule has 0 aliphatic heterocycles. The van der Waals surface area contributed by atoms with E-state index in [2.05, 4.69) is 5.32 Å². The Morgan fingerprint density at radius 3 is 1.34 bits per heavy atom. The van der Waals surface area contributed by atoms with Crippen LogP contribution in [0.2, 0.25) is 0 Å². The summed E-state index contributed by atoms with van der Waals surface area (Å²) in [5.74, 6) is 0. The van der Waals surface area contributed by atoms with E-state index in [9.17, 15) is 45.3 Å².